The molecule has 1 aliphatic heterocycles. The van der Waals surface area contributed by atoms with Gasteiger partial charge in [0.1, 0.15) is 17.7 Å². The molecule has 0 unspecified atom stereocenters. The summed E-state index contributed by atoms with van der Waals surface area (Å²) in [5, 5.41) is 8.05. The van der Waals surface area contributed by atoms with E-state index in [4.69, 9.17) is 14.2 Å². The van der Waals surface area contributed by atoms with Crippen molar-refractivity contribution < 1.29 is 14.2 Å². The van der Waals surface area contributed by atoms with Gasteiger partial charge in [0.15, 0.2) is 11.5 Å². The SMILES string of the molecule is COc1cc2c(N3CCc4[nH]ncc4C3)ncnc2c(OC)c1OC. The molecule has 0 bridgehead atoms. The minimum Gasteiger partial charge on any atom is -0.493 e. The number of anilines is 1. The van der Waals surface area contributed by atoms with E-state index in [1.54, 1.807) is 27.7 Å². The quantitative estimate of drug-likeness (QED) is 0.776. The van der Waals surface area contributed by atoms with E-state index in [-0.39, 0.29) is 0 Å². The predicted molar refractivity (Wildman–Crippen MR) is 92.5 cm³/mol. The lowest BCUT2D eigenvalue weighted by molar-refractivity contribution is 0.327. The Morgan fingerprint density at radius 3 is 2.68 bits per heavy atom. The highest BCUT2D eigenvalue weighted by Crippen LogP contribution is 2.44. The summed E-state index contributed by atoms with van der Waals surface area (Å²) in [7, 11) is 4.78. The van der Waals surface area contributed by atoms with Crippen molar-refractivity contribution in [2.75, 3.05) is 32.8 Å². The van der Waals surface area contributed by atoms with Gasteiger partial charge in [0.2, 0.25) is 5.75 Å². The average Bonchev–Trinajstić information content (AvgIpc) is 3.13. The summed E-state index contributed by atoms with van der Waals surface area (Å²) in [6.07, 6.45) is 4.32. The molecule has 0 fully saturated rings. The van der Waals surface area contributed by atoms with E-state index in [2.05, 4.69) is 25.1 Å². The minimum absolute atomic E-state index is 0.526. The van der Waals surface area contributed by atoms with Crippen molar-refractivity contribution in [3.05, 3.63) is 29.8 Å². The van der Waals surface area contributed by atoms with Crippen molar-refractivity contribution in [2.24, 2.45) is 0 Å². The van der Waals surface area contributed by atoms with Gasteiger partial charge >= 0.3 is 0 Å². The molecule has 0 spiro atoms. The van der Waals surface area contributed by atoms with Gasteiger partial charge in [-0.2, -0.15) is 5.10 Å². The number of benzene rings is 1. The van der Waals surface area contributed by atoms with Gasteiger partial charge in [0, 0.05) is 30.8 Å². The molecule has 1 aromatic carbocycles. The molecular weight excluding hydrogens is 322 g/mol. The fourth-order valence-corrected chi connectivity index (χ4v) is 3.31. The number of nitrogens with zero attached hydrogens (tertiary/aromatic N) is 4. The molecule has 0 amide bonds. The first-order chi connectivity index (χ1) is 12.3. The molecule has 3 aromatic rings. The maximum Gasteiger partial charge on any atom is 0.205 e. The number of fused-ring (bicyclic) bond motifs is 2. The van der Waals surface area contributed by atoms with E-state index in [1.807, 2.05) is 12.3 Å². The molecule has 0 radical (unpaired) electrons. The van der Waals surface area contributed by atoms with Crippen LogP contribution in [0.4, 0.5) is 5.82 Å². The third kappa shape index (κ3) is 2.41. The number of hydrogen-bond donors (Lipinski definition) is 1. The van der Waals surface area contributed by atoms with Crippen LogP contribution in [0.5, 0.6) is 17.2 Å². The molecule has 130 valence electrons. The van der Waals surface area contributed by atoms with Crippen LogP contribution in [-0.2, 0) is 13.0 Å². The molecule has 0 atom stereocenters. The number of H-pyrrole nitrogens is 1. The lowest BCUT2D eigenvalue weighted by Gasteiger charge is -2.28. The lowest BCUT2D eigenvalue weighted by Crippen LogP contribution is -2.30. The first-order valence-electron chi connectivity index (χ1n) is 7.96. The zero-order valence-corrected chi connectivity index (χ0v) is 14.4. The van der Waals surface area contributed by atoms with Crippen molar-refractivity contribution in [2.45, 2.75) is 13.0 Å². The molecule has 0 aliphatic carbocycles. The number of ether oxygens (including phenoxy) is 3. The van der Waals surface area contributed by atoms with Crippen LogP contribution in [0.25, 0.3) is 10.9 Å². The molecule has 1 N–H and O–H groups in total. The zero-order chi connectivity index (χ0) is 17.4. The van der Waals surface area contributed by atoms with Crippen molar-refractivity contribution in [1.82, 2.24) is 20.2 Å². The van der Waals surface area contributed by atoms with E-state index in [0.29, 0.717) is 22.8 Å². The largest absolute Gasteiger partial charge is 0.493 e. The molecule has 8 nitrogen and oxygen atoms in total. The summed E-state index contributed by atoms with van der Waals surface area (Å²) in [5.41, 5.74) is 3.07. The van der Waals surface area contributed by atoms with Crippen molar-refractivity contribution in [3.63, 3.8) is 0 Å². The number of nitrogens with one attached hydrogen (secondary N) is 1. The van der Waals surface area contributed by atoms with E-state index in [9.17, 15) is 0 Å². The van der Waals surface area contributed by atoms with Crippen LogP contribution in [0.2, 0.25) is 0 Å². The van der Waals surface area contributed by atoms with Crippen LogP contribution in [0.1, 0.15) is 11.3 Å². The fourth-order valence-electron chi connectivity index (χ4n) is 3.31. The third-order valence-electron chi connectivity index (χ3n) is 4.51. The summed E-state index contributed by atoms with van der Waals surface area (Å²) in [4.78, 5) is 11.2. The second-order valence-electron chi connectivity index (χ2n) is 5.78. The Labute approximate surface area is 144 Å². The van der Waals surface area contributed by atoms with Gasteiger partial charge in [-0.3, -0.25) is 5.10 Å². The van der Waals surface area contributed by atoms with Crippen LogP contribution in [0.3, 0.4) is 0 Å². The Morgan fingerprint density at radius 2 is 1.92 bits per heavy atom. The van der Waals surface area contributed by atoms with Crippen molar-refractivity contribution in [3.8, 4) is 17.2 Å². The first-order valence-corrected chi connectivity index (χ1v) is 7.96. The average molecular weight is 341 g/mol. The fraction of sp³-hybridized carbons (Fsp3) is 0.353. The van der Waals surface area contributed by atoms with Crippen LogP contribution in [0.15, 0.2) is 18.6 Å². The standard InChI is InChI=1S/C17H19N5O3/c1-23-13-6-11-14(16(25-3)15(13)24-2)18-9-19-17(11)22-5-4-12-10(8-22)7-20-21-12/h6-7,9H,4-5,8H2,1-3H3,(H,20,21). The summed E-state index contributed by atoms with van der Waals surface area (Å²) >= 11 is 0. The van der Waals surface area contributed by atoms with Crippen LogP contribution >= 0.6 is 0 Å². The molecule has 3 heterocycles. The summed E-state index contributed by atoms with van der Waals surface area (Å²) in [6.45, 7) is 1.59. The van der Waals surface area contributed by atoms with Crippen LogP contribution < -0.4 is 19.1 Å². The van der Waals surface area contributed by atoms with Gasteiger partial charge in [0.25, 0.3) is 0 Å². The highest BCUT2D eigenvalue weighted by Gasteiger charge is 2.24. The van der Waals surface area contributed by atoms with Gasteiger partial charge in [-0.15, -0.1) is 0 Å². The van der Waals surface area contributed by atoms with Gasteiger partial charge in [-0.05, 0) is 6.07 Å². The topological polar surface area (TPSA) is 85.4 Å². The van der Waals surface area contributed by atoms with Crippen LogP contribution in [0, 0.1) is 0 Å². The Hall–Kier alpha value is -3.03. The Balaban J connectivity index is 1.88. The highest BCUT2D eigenvalue weighted by molar-refractivity contribution is 5.97. The summed E-state index contributed by atoms with van der Waals surface area (Å²) in [6, 6.07) is 1.90. The molecule has 8 heteroatoms. The highest BCUT2D eigenvalue weighted by atomic mass is 16.5. The molecular formula is C17H19N5O3. The third-order valence-corrected chi connectivity index (χ3v) is 4.51. The molecule has 25 heavy (non-hydrogen) atoms. The smallest absolute Gasteiger partial charge is 0.205 e. The number of aromatic amines is 1. The maximum absolute atomic E-state index is 5.55. The predicted octanol–water partition coefficient (Wildman–Crippen LogP) is 1.94. The first kappa shape index (κ1) is 15.5. The van der Waals surface area contributed by atoms with E-state index in [0.717, 1.165) is 30.7 Å². The van der Waals surface area contributed by atoms with E-state index < -0.39 is 0 Å². The monoisotopic (exact) mass is 341 g/mol. The summed E-state index contributed by atoms with van der Waals surface area (Å²) in [5.74, 6) is 2.50. The molecule has 4 rings (SSSR count). The number of rotatable bonds is 4. The second-order valence-corrected chi connectivity index (χ2v) is 5.78. The van der Waals surface area contributed by atoms with Gasteiger partial charge < -0.3 is 19.1 Å². The van der Waals surface area contributed by atoms with E-state index in [1.165, 1.54) is 11.3 Å². The Morgan fingerprint density at radius 1 is 1.08 bits per heavy atom. The molecule has 0 saturated heterocycles. The zero-order valence-electron chi connectivity index (χ0n) is 14.4. The molecule has 2 aromatic heterocycles. The maximum atomic E-state index is 5.55. The lowest BCUT2D eigenvalue weighted by atomic mass is 10.1. The number of methoxy groups -OCH3 is 3. The van der Waals surface area contributed by atoms with Gasteiger partial charge in [0.05, 0.1) is 32.9 Å². The minimum atomic E-state index is 0.526. The van der Waals surface area contributed by atoms with Crippen molar-refractivity contribution in [1.29, 1.82) is 0 Å². The van der Waals surface area contributed by atoms with E-state index >= 15 is 0 Å². The van der Waals surface area contributed by atoms with Crippen molar-refractivity contribution >= 4 is 16.7 Å². The Kier molecular flexibility index (Phi) is 3.79. The number of aromatic nitrogens is 4. The number of hydrogen-bond acceptors (Lipinski definition) is 7. The molecule has 0 saturated carbocycles. The second kappa shape index (κ2) is 6.12. The molecule has 1 aliphatic rings. The van der Waals surface area contributed by atoms with Gasteiger partial charge in [-0.1, -0.05) is 0 Å². The normalized spacial score (nSPS) is 13.6. The van der Waals surface area contributed by atoms with Crippen LogP contribution in [-0.4, -0.2) is 48.0 Å². The Bertz CT molecular complexity index is 924. The summed E-state index contributed by atoms with van der Waals surface area (Å²) < 4.78 is 16.5. The van der Waals surface area contributed by atoms with Gasteiger partial charge in [-0.25, -0.2) is 9.97 Å².